The van der Waals surface area contributed by atoms with Gasteiger partial charge in [-0.3, -0.25) is 24.0 Å². The number of unbranched alkanes of at least 4 members (excludes halogenated alkanes) is 1. The number of carbonyl (C=O) groups is 6. The molecule has 4 atom stereocenters. The van der Waals surface area contributed by atoms with Crippen molar-refractivity contribution in [3.63, 3.8) is 0 Å². The highest BCUT2D eigenvalue weighted by atomic mass is 16.4. The van der Waals surface area contributed by atoms with Gasteiger partial charge in [0.25, 0.3) is 0 Å². The van der Waals surface area contributed by atoms with E-state index >= 15 is 0 Å². The van der Waals surface area contributed by atoms with Gasteiger partial charge in [0, 0.05) is 6.54 Å². The number of hydrogen-bond acceptors (Lipinski definition) is 8. The largest absolute Gasteiger partial charge is 0.481 e. The van der Waals surface area contributed by atoms with E-state index in [-0.39, 0.29) is 19.4 Å². The van der Waals surface area contributed by atoms with Crippen LogP contribution in [0.15, 0.2) is 0 Å². The van der Waals surface area contributed by atoms with Gasteiger partial charge in [-0.05, 0) is 32.2 Å². The highest BCUT2D eigenvalue weighted by Crippen LogP contribution is 2.19. The molecular weight excluding hydrogens is 440 g/mol. The number of carboxylic acids is 2. The molecule has 14 heteroatoms. The lowest BCUT2D eigenvalue weighted by atomic mass is 10.1. The number of nitrogens with one attached hydrogen (secondary N) is 2. The van der Waals surface area contributed by atoms with Crippen LogP contribution in [0.4, 0.5) is 0 Å². The van der Waals surface area contributed by atoms with E-state index < -0.39 is 72.6 Å². The van der Waals surface area contributed by atoms with Crippen LogP contribution in [0.2, 0.25) is 0 Å². The van der Waals surface area contributed by atoms with Crippen molar-refractivity contribution in [2.75, 3.05) is 13.1 Å². The summed E-state index contributed by atoms with van der Waals surface area (Å²) in [4.78, 5) is 72.9. The number of nitrogens with two attached hydrogens (primary N) is 3. The van der Waals surface area contributed by atoms with Crippen LogP contribution in [0.1, 0.15) is 44.9 Å². The Hall–Kier alpha value is -3.26. The average molecular weight is 472 g/mol. The maximum Gasteiger partial charge on any atom is 0.326 e. The standard InChI is InChI=1S/C19H32N6O8/c20-6-2-1-4-10(21)16(29)23-11(8-14(22)26)17(30)24-12(9-15(27)28)18(31)25-7-3-5-13(25)19(32)33/h10-13H,1-9,20-21H2,(H2,22,26)(H,23,29)(H,24,30)(H,27,28)(H,32,33). The van der Waals surface area contributed by atoms with E-state index in [0.717, 1.165) is 4.90 Å². The zero-order valence-electron chi connectivity index (χ0n) is 18.2. The van der Waals surface area contributed by atoms with Crippen LogP contribution in [-0.4, -0.2) is 87.9 Å². The summed E-state index contributed by atoms with van der Waals surface area (Å²) in [5.74, 6) is -6.25. The first kappa shape index (κ1) is 27.8. The number of aliphatic carboxylic acids is 2. The molecule has 1 aliphatic heterocycles. The number of carbonyl (C=O) groups excluding carboxylic acids is 4. The first-order valence-electron chi connectivity index (χ1n) is 10.6. The third kappa shape index (κ3) is 9.02. The Bertz CT molecular complexity index is 761. The van der Waals surface area contributed by atoms with Gasteiger partial charge >= 0.3 is 11.9 Å². The van der Waals surface area contributed by atoms with Crippen molar-refractivity contribution < 1.29 is 39.0 Å². The van der Waals surface area contributed by atoms with Gasteiger partial charge in [0.2, 0.25) is 23.6 Å². The molecule has 14 nitrogen and oxygen atoms in total. The lowest BCUT2D eigenvalue weighted by Gasteiger charge is -2.28. The van der Waals surface area contributed by atoms with Crippen molar-refractivity contribution in [2.24, 2.45) is 17.2 Å². The van der Waals surface area contributed by atoms with Gasteiger partial charge in [-0.15, -0.1) is 0 Å². The first-order valence-corrected chi connectivity index (χ1v) is 10.6. The summed E-state index contributed by atoms with van der Waals surface area (Å²) in [7, 11) is 0. The van der Waals surface area contributed by atoms with E-state index in [1.54, 1.807) is 0 Å². The highest BCUT2D eigenvalue weighted by molar-refractivity contribution is 5.97. The topological polar surface area (TPSA) is 248 Å². The minimum absolute atomic E-state index is 0.0842. The fourth-order valence-corrected chi connectivity index (χ4v) is 3.46. The second-order valence-electron chi connectivity index (χ2n) is 7.81. The van der Waals surface area contributed by atoms with Crippen LogP contribution in [0.5, 0.6) is 0 Å². The van der Waals surface area contributed by atoms with Crippen molar-refractivity contribution in [3.8, 4) is 0 Å². The van der Waals surface area contributed by atoms with E-state index in [2.05, 4.69) is 10.6 Å². The number of rotatable bonds is 14. The number of amides is 4. The lowest BCUT2D eigenvalue weighted by Crippen LogP contribution is -2.58. The maximum absolute atomic E-state index is 12.8. The highest BCUT2D eigenvalue weighted by Gasteiger charge is 2.39. The Labute approximate surface area is 190 Å². The van der Waals surface area contributed by atoms with Gasteiger partial charge in [0.05, 0.1) is 18.9 Å². The van der Waals surface area contributed by atoms with Crippen molar-refractivity contribution in [1.82, 2.24) is 15.5 Å². The zero-order chi connectivity index (χ0) is 25.1. The van der Waals surface area contributed by atoms with Gasteiger partial charge in [0.1, 0.15) is 18.1 Å². The van der Waals surface area contributed by atoms with Crippen molar-refractivity contribution in [2.45, 2.75) is 69.1 Å². The Morgan fingerprint density at radius 2 is 1.61 bits per heavy atom. The van der Waals surface area contributed by atoms with Crippen LogP contribution >= 0.6 is 0 Å². The van der Waals surface area contributed by atoms with Gasteiger partial charge in [0.15, 0.2) is 0 Å². The molecule has 1 heterocycles. The molecule has 0 aromatic carbocycles. The zero-order valence-corrected chi connectivity index (χ0v) is 18.2. The van der Waals surface area contributed by atoms with Crippen LogP contribution in [0, 0.1) is 0 Å². The summed E-state index contributed by atoms with van der Waals surface area (Å²) >= 11 is 0. The van der Waals surface area contributed by atoms with E-state index in [0.29, 0.717) is 25.8 Å². The molecule has 10 N–H and O–H groups in total. The molecule has 0 aromatic heterocycles. The summed E-state index contributed by atoms with van der Waals surface area (Å²) in [6.07, 6.45) is 0.619. The minimum Gasteiger partial charge on any atom is -0.481 e. The molecule has 0 saturated carbocycles. The number of nitrogens with zero attached hydrogens (tertiary/aromatic N) is 1. The van der Waals surface area contributed by atoms with Crippen LogP contribution in [0.25, 0.3) is 0 Å². The van der Waals surface area contributed by atoms with Gasteiger partial charge in [-0.1, -0.05) is 6.42 Å². The van der Waals surface area contributed by atoms with Crippen molar-refractivity contribution >= 4 is 35.6 Å². The smallest absolute Gasteiger partial charge is 0.326 e. The molecule has 1 aliphatic rings. The molecule has 4 amide bonds. The number of hydrogen-bond donors (Lipinski definition) is 7. The lowest BCUT2D eigenvalue weighted by molar-refractivity contribution is -0.150. The monoisotopic (exact) mass is 472 g/mol. The van der Waals surface area contributed by atoms with Gasteiger partial charge < -0.3 is 42.9 Å². The molecular formula is C19H32N6O8. The fourth-order valence-electron chi connectivity index (χ4n) is 3.46. The number of likely N-dealkylation sites (tertiary alicyclic amines) is 1. The summed E-state index contributed by atoms with van der Waals surface area (Å²) in [5, 5.41) is 22.9. The van der Waals surface area contributed by atoms with Crippen LogP contribution < -0.4 is 27.8 Å². The number of carboxylic acid groups (broad SMARTS) is 2. The SMILES string of the molecule is NCCCCC(N)C(=O)NC(CC(N)=O)C(=O)NC(CC(=O)O)C(=O)N1CCCC1C(=O)O. The summed E-state index contributed by atoms with van der Waals surface area (Å²) in [5.41, 5.74) is 16.3. The molecule has 33 heavy (non-hydrogen) atoms. The second-order valence-corrected chi connectivity index (χ2v) is 7.81. The third-order valence-electron chi connectivity index (χ3n) is 5.16. The molecule has 0 spiro atoms. The maximum atomic E-state index is 12.8. The van der Waals surface area contributed by atoms with E-state index in [1.807, 2.05) is 0 Å². The van der Waals surface area contributed by atoms with Gasteiger partial charge in [-0.2, -0.15) is 0 Å². The summed E-state index contributed by atoms with van der Waals surface area (Å²) in [6.45, 7) is 0.501. The predicted octanol–water partition coefficient (Wildman–Crippen LogP) is -3.16. The van der Waals surface area contributed by atoms with Crippen LogP contribution in [0.3, 0.4) is 0 Å². The van der Waals surface area contributed by atoms with Gasteiger partial charge in [-0.25, -0.2) is 4.79 Å². The molecule has 186 valence electrons. The predicted molar refractivity (Wildman–Crippen MR) is 113 cm³/mol. The van der Waals surface area contributed by atoms with E-state index in [9.17, 15) is 33.9 Å². The minimum atomic E-state index is -1.61. The molecule has 1 rings (SSSR count). The fraction of sp³-hybridized carbons (Fsp3) is 0.684. The van der Waals surface area contributed by atoms with E-state index in [4.69, 9.17) is 22.3 Å². The normalized spacial score (nSPS) is 18.1. The summed E-state index contributed by atoms with van der Waals surface area (Å²) in [6, 6.07) is -5.25. The summed E-state index contributed by atoms with van der Waals surface area (Å²) < 4.78 is 0. The molecule has 0 radical (unpaired) electrons. The van der Waals surface area contributed by atoms with Crippen molar-refractivity contribution in [1.29, 1.82) is 0 Å². The first-order chi connectivity index (χ1) is 15.5. The molecule has 1 saturated heterocycles. The third-order valence-corrected chi connectivity index (χ3v) is 5.16. The Kier molecular flexibility index (Phi) is 11.2. The average Bonchev–Trinajstić information content (AvgIpc) is 3.21. The molecule has 0 bridgehead atoms. The molecule has 0 aromatic rings. The quantitative estimate of drug-likeness (QED) is 0.125. The molecule has 0 aliphatic carbocycles. The molecule has 1 fully saturated rings. The Morgan fingerprint density at radius 3 is 2.15 bits per heavy atom. The van der Waals surface area contributed by atoms with Crippen molar-refractivity contribution in [3.05, 3.63) is 0 Å². The second kappa shape index (κ2) is 13.3. The van der Waals surface area contributed by atoms with Crippen LogP contribution in [-0.2, 0) is 28.8 Å². The molecule has 4 unspecified atom stereocenters. The Morgan fingerprint density at radius 1 is 0.970 bits per heavy atom. The Balaban J connectivity index is 2.95. The number of primary amides is 1. The van der Waals surface area contributed by atoms with E-state index in [1.165, 1.54) is 0 Å².